The molecule has 2 heterocycles. The average molecular weight is 629 g/mol. The summed E-state index contributed by atoms with van der Waals surface area (Å²) >= 11 is 1.62. The van der Waals surface area contributed by atoms with Crippen LogP contribution in [0.15, 0.2) is 53.6 Å². The molecule has 0 unspecified atom stereocenters. The van der Waals surface area contributed by atoms with Crippen molar-refractivity contribution in [1.82, 2.24) is 30.5 Å². The molecular formula is C30H40N6O5S2. The summed E-state index contributed by atoms with van der Waals surface area (Å²) < 4.78 is 31.5. The van der Waals surface area contributed by atoms with Gasteiger partial charge in [-0.15, -0.1) is 5.10 Å². The Kier molecular flexibility index (Phi) is 11.6. The topological polar surface area (TPSA) is 136 Å². The Labute approximate surface area is 257 Å². The van der Waals surface area contributed by atoms with Crippen LogP contribution in [0.1, 0.15) is 46.4 Å². The van der Waals surface area contributed by atoms with E-state index in [-0.39, 0.29) is 16.7 Å². The van der Waals surface area contributed by atoms with Crippen molar-refractivity contribution in [3.63, 3.8) is 0 Å². The van der Waals surface area contributed by atoms with Gasteiger partial charge in [0.15, 0.2) is 9.84 Å². The van der Waals surface area contributed by atoms with Crippen molar-refractivity contribution in [3.8, 4) is 5.75 Å². The summed E-state index contributed by atoms with van der Waals surface area (Å²) in [6.07, 6.45) is 6.97. The molecule has 3 aromatic rings. The predicted molar refractivity (Wildman–Crippen MR) is 167 cm³/mol. The smallest absolute Gasteiger partial charge is 0.252 e. The van der Waals surface area contributed by atoms with Gasteiger partial charge in [-0.1, -0.05) is 23.4 Å². The van der Waals surface area contributed by atoms with Crippen LogP contribution in [0.25, 0.3) is 0 Å². The fourth-order valence-electron chi connectivity index (χ4n) is 4.79. The lowest BCUT2D eigenvalue weighted by Crippen LogP contribution is -2.47. The Hall–Kier alpha value is -3.42. The standard InChI is InChI=1S/C30H40N6O5S2/c1-22-6-9-25-18-27(22)29(37)32-28(12-17-42-2)30(38)31-13-4-14-35(19-23-7-10-26(11-8-23)43(3,39)40)20-24-21-36(34-33-24)15-5-16-41-25/h6-11,18,21,28H,4-5,12-17,19-20H2,1-3H3,(H,31,38)(H,32,37)/t28-/m0/s1. The van der Waals surface area contributed by atoms with Crippen LogP contribution in [-0.2, 0) is 34.3 Å². The van der Waals surface area contributed by atoms with Gasteiger partial charge in [0, 0.05) is 57.2 Å². The molecule has 1 aliphatic heterocycles. The van der Waals surface area contributed by atoms with Crippen LogP contribution in [0.5, 0.6) is 5.75 Å². The molecule has 0 spiro atoms. The van der Waals surface area contributed by atoms with E-state index in [1.54, 1.807) is 34.6 Å². The molecule has 0 radical (unpaired) electrons. The number of amides is 2. The van der Waals surface area contributed by atoms with E-state index in [0.717, 1.165) is 22.6 Å². The summed E-state index contributed by atoms with van der Waals surface area (Å²) in [4.78, 5) is 28.9. The molecule has 0 aliphatic carbocycles. The van der Waals surface area contributed by atoms with Gasteiger partial charge in [0.2, 0.25) is 5.91 Å². The zero-order chi connectivity index (χ0) is 30.8. The molecule has 2 aromatic carbocycles. The highest BCUT2D eigenvalue weighted by Gasteiger charge is 2.22. The lowest BCUT2D eigenvalue weighted by atomic mass is 10.1. The number of aryl methyl sites for hydroxylation is 2. The van der Waals surface area contributed by atoms with Gasteiger partial charge in [-0.2, -0.15) is 11.8 Å². The van der Waals surface area contributed by atoms with E-state index in [4.69, 9.17) is 4.74 Å². The van der Waals surface area contributed by atoms with Crippen molar-refractivity contribution >= 4 is 33.4 Å². The number of thioether (sulfide) groups is 1. The van der Waals surface area contributed by atoms with Crippen LogP contribution in [0, 0.1) is 6.92 Å². The molecule has 13 heteroatoms. The molecule has 4 rings (SSSR count). The lowest BCUT2D eigenvalue weighted by molar-refractivity contribution is -0.123. The van der Waals surface area contributed by atoms with Crippen molar-refractivity contribution in [2.45, 2.75) is 56.8 Å². The molecule has 2 N–H and O–H groups in total. The van der Waals surface area contributed by atoms with E-state index in [0.29, 0.717) is 69.9 Å². The average Bonchev–Trinajstić information content (AvgIpc) is 3.42. The molecule has 11 nitrogen and oxygen atoms in total. The fourth-order valence-corrected chi connectivity index (χ4v) is 5.90. The minimum absolute atomic E-state index is 0.215. The third kappa shape index (κ3) is 9.80. The van der Waals surface area contributed by atoms with E-state index >= 15 is 0 Å². The minimum atomic E-state index is -3.28. The summed E-state index contributed by atoms with van der Waals surface area (Å²) in [6, 6.07) is 11.6. The lowest BCUT2D eigenvalue weighted by Gasteiger charge is -2.22. The Morgan fingerprint density at radius 1 is 1.09 bits per heavy atom. The number of nitrogens with zero attached hydrogens (tertiary/aromatic N) is 4. The summed E-state index contributed by atoms with van der Waals surface area (Å²) in [7, 11) is -3.28. The molecular weight excluding hydrogens is 589 g/mol. The number of carbonyl (C=O) groups excluding carboxylic acids is 2. The van der Waals surface area contributed by atoms with Crippen LogP contribution >= 0.6 is 11.8 Å². The molecule has 232 valence electrons. The van der Waals surface area contributed by atoms with Gasteiger partial charge in [0.1, 0.15) is 11.8 Å². The quantitative estimate of drug-likeness (QED) is 0.423. The van der Waals surface area contributed by atoms with Crippen LogP contribution < -0.4 is 15.4 Å². The van der Waals surface area contributed by atoms with Crippen LogP contribution in [0.4, 0.5) is 0 Å². The number of aromatic nitrogens is 3. The molecule has 4 bridgehead atoms. The van der Waals surface area contributed by atoms with E-state index < -0.39 is 15.9 Å². The van der Waals surface area contributed by atoms with Gasteiger partial charge < -0.3 is 15.4 Å². The second-order valence-corrected chi connectivity index (χ2v) is 13.7. The monoisotopic (exact) mass is 628 g/mol. The largest absolute Gasteiger partial charge is 0.494 e. The first-order valence-corrected chi connectivity index (χ1v) is 17.6. The maximum atomic E-state index is 13.2. The van der Waals surface area contributed by atoms with Crippen molar-refractivity contribution in [3.05, 3.63) is 71.0 Å². The number of ether oxygens (including phenoxy) is 1. The highest BCUT2D eigenvalue weighted by Crippen LogP contribution is 2.19. The van der Waals surface area contributed by atoms with Crippen molar-refractivity contribution in [2.75, 3.05) is 38.0 Å². The van der Waals surface area contributed by atoms with Crippen LogP contribution in [0.3, 0.4) is 0 Å². The Morgan fingerprint density at radius 3 is 2.63 bits per heavy atom. The van der Waals surface area contributed by atoms with Gasteiger partial charge in [0.25, 0.3) is 5.91 Å². The fraction of sp³-hybridized carbons (Fsp3) is 0.467. The third-order valence-electron chi connectivity index (χ3n) is 7.17. The number of hydrogen-bond donors (Lipinski definition) is 2. The van der Waals surface area contributed by atoms with Crippen molar-refractivity contribution in [1.29, 1.82) is 0 Å². The molecule has 2 amide bonds. The number of carbonyl (C=O) groups is 2. The molecule has 0 saturated carbocycles. The van der Waals surface area contributed by atoms with E-state index in [2.05, 4.69) is 25.8 Å². The number of fused-ring (bicyclic) bond motifs is 4. The van der Waals surface area contributed by atoms with Gasteiger partial charge in [-0.25, -0.2) is 8.42 Å². The van der Waals surface area contributed by atoms with Gasteiger partial charge in [0.05, 0.1) is 17.2 Å². The van der Waals surface area contributed by atoms with Crippen LogP contribution in [0.2, 0.25) is 0 Å². The highest BCUT2D eigenvalue weighted by molar-refractivity contribution is 7.98. The van der Waals surface area contributed by atoms with Crippen LogP contribution in [-0.4, -0.2) is 84.1 Å². The summed E-state index contributed by atoms with van der Waals surface area (Å²) in [6.45, 7) is 5.13. The maximum absolute atomic E-state index is 13.2. The van der Waals surface area contributed by atoms with E-state index in [9.17, 15) is 18.0 Å². The summed E-state index contributed by atoms with van der Waals surface area (Å²) in [5, 5.41) is 14.6. The Bertz CT molecular complexity index is 1490. The zero-order valence-corrected chi connectivity index (χ0v) is 26.5. The van der Waals surface area contributed by atoms with Crippen molar-refractivity contribution < 1.29 is 22.7 Å². The molecule has 1 aromatic heterocycles. The third-order valence-corrected chi connectivity index (χ3v) is 8.94. The second-order valence-electron chi connectivity index (χ2n) is 10.7. The maximum Gasteiger partial charge on any atom is 0.252 e. The number of rotatable bonds is 6. The van der Waals surface area contributed by atoms with Crippen molar-refractivity contribution in [2.24, 2.45) is 0 Å². The molecule has 43 heavy (non-hydrogen) atoms. The second kappa shape index (κ2) is 15.3. The molecule has 0 fully saturated rings. The normalized spacial score (nSPS) is 17.9. The predicted octanol–water partition coefficient (Wildman–Crippen LogP) is 2.83. The number of benzene rings is 2. The van der Waals surface area contributed by atoms with E-state index in [1.807, 2.05) is 43.6 Å². The number of nitrogens with one attached hydrogen (secondary N) is 2. The first-order chi connectivity index (χ1) is 20.6. The molecule has 0 saturated heterocycles. The Balaban J connectivity index is 1.51. The summed E-state index contributed by atoms with van der Waals surface area (Å²) in [5.41, 5.74) is 3.07. The van der Waals surface area contributed by atoms with Gasteiger partial charge in [-0.05, 0) is 67.2 Å². The SMILES string of the molecule is CSCC[C@@H]1NC(=O)c2cc(ccc2C)OCCCn2cc(nn2)CN(Cc2ccc(S(C)(=O)=O)cc2)CCCNC1=O. The zero-order valence-electron chi connectivity index (χ0n) is 24.9. The highest BCUT2D eigenvalue weighted by atomic mass is 32.2. The Morgan fingerprint density at radius 2 is 1.88 bits per heavy atom. The first kappa shape index (κ1) is 32.5. The first-order valence-electron chi connectivity index (χ1n) is 14.3. The minimum Gasteiger partial charge on any atom is -0.494 e. The molecule has 1 aliphatic rings. The van der Waals surface area contributed by atoms with Gasteiger partial charge >= 0.3 is 0 Å². The summed E-state index contributed by atoms with van der Waals surface area (Å²) in [5.74, 6) is 0.803. The number of hydrogen-bond acceptors (Lipinski definition) is 9. The van der Waals surface area contributed by atoms with Gasteiger partial charge in [-0.3, -0.25) is 19.2 Å². The van der Waals surface area contributed by atoms with E-state index in [1.165, 1.54) is 6.26 Å². The molecule has 1 atom stereocenters. The number of sulfone groups is 1.